The molecule has 1 aliphatic heterocycles. The lowest BCUT2D eigenvalue weighted by molar-refractivity contribution is -0.129. The van der Waals surface area contributed by atoms with Gasteiger partial charge in [0.05, 0.1) is 5.69 Å². The van der Waals surface area contributed by atoms with Crippen molar-refractivity contribution >= 4 is 23.5 Å². The third-order valence-electron chi connectivity index (χ3n) is 3.42. The number of amides is 4. The molecule has 1 aliphatic rings. The zero-order valence-corrected chi connectivity index (χ0v) is 12.6. The van der Waals surface area contributed by atoms with Gasteiger partial charge < -0.3 is 11.5 Å². The minimum atomic E-state index is -1.03. The summed E-state index contributed by atoms with van der Waals surface area (Å²) in [7, 11) is 0. The number of benzene rings is 1. The molecule has 1 aromatic rings. The van der Waals surface area contributed by atoms with Gasteiger partial charge in [-0.05, 0) is 18.6 Å². The molecule has 1 fully saturated rings. The molecule has 0 bridgehead atoms. The van der Waals surface area contributed by atoms with Crippen molar-refractivity contribution < 1.29 is 18.8 Å². The summed E-state index contributed by atoms with van der Waals surface area (Å²) < 4.78 is 14.0. The van der Waals surface area contributed by atoms with Gasteiger partial charge >= 0.3 is 6.03 Å². The van der Waals surface area contributed by atoms with E-state index in [1.807, 2.05) is 6.92 Å². The average molecular weight is 320 g/mol. The number of carbonyl (C=O) groups excluding carboxylic acids is 3. The third-order valence-corrected chi connectivity index (χ3v) is 3.42. The Morgan fingerprint density at radius 2 is 1.78 bits per heavy atom. The Hall–Kier alpha value is -2.90. The first-order valence-electron chi connectivity index (χ1n) is 7.10. The number of rotatable bonds is 4. The maximum Gasteiger partial charge on any atom is 0.338 e. The summed E-state index contributed by atoms with van der Waals surface area (Å²) >= 11 is 0. The van der Waals surface area contributed by atoms with Gasteiger partial charge in [0.1, 0.15) is 17.2 Å². The van der Waals surface area contributed by atoms with Crippen molar-refractivity contribution in [3.63, 3.8) is 0 Å². The van der Waals surface area contributed by atoms with Crippen molar-refractivity contribution in [1.82, 2.24) is 4.90 Å². The van der Waals surface area contributed by atoms with E-state index in [-0.39, 0.29) is 12.2 Å². The van der Waals surface area contributed by atoms with Gasteiger partial charge in [-0.3, -0.25) is 14.5 Å². The summed E-state index contributed by atoms with van der Waals surface area (Å²) in [4.78, 5) is 38.7. The van der Waals surface area contributed by atoms with Crippen LogP contribution in [0.2, 0.25) is 0 Å². The SMILES string of the molecule is CCCCN1C(=O)C(=C(N)N)C(=O)N(c2ccccc2F)C1=O. The Balaban J connectivity index is 2.55. The highest BCUT2D eigenvalue weighted by Crippen LogP contribution is 2.27. The van der Waals surface area contributed by atoms with Crippen molar-refractivity contribution in [3.05, 3.63) is 41.5 Å². The fourth-order valence-corrected chi connectivity index (χ4v) is 2.24. The summed E-state index contributed by atoms with van der Waals surface area (Å²) in [6.45, 7) is 1.97. The number of imide groups is 2. The molecule has 2 rings (SSSR count). The quantitative estimate of drug-likeness (QED) is 0.636. The molecular weight excluding hydrogens is 303 g/mol. The summed E-state index contributed by atoms with van der Waals surface area (Å²) in [5.41, 5.74) is 10.1. The minimum absolute atomic E-state index is 0.0865. The number of anilines is 1. The van der Waals surface area contributed by atoms with Gasteiger partial charge in [-0.2, -0.15) is 0 Å². The number of carbonyl (C=O) groups is 3. The predicted octanol–water partition coefficient (Wildman–Crippen LogP) is 1.05. The number of hydrogen-bond donors (Lipinski definition) is 2. The highest BCUT2D eigenvalue weighted by molar-refractivity contribution is 6.37. The third kappa shape index (κ3) is 2.87. The second kappa shape index (κ2) is 6.47. The lowest BCUT2D eigenvalue weighted by Crippen LogP contribution is -2.58. The van der Waals surface area contributed by atoms with Gasteiger partial charge in [-0.15, -0.1) is 0 Å². The maximum absolute atomic E-state index is 14.0. The first-order chi connectivity index (χ1) is 10.9. The first-order valence-corrected chi connectivity index (χ1v) is 7.10. The van der Waals surface area contributed by atoms with Crippen LogP contribution in [0.3, 0.4) is 0 Å². The number of nitrogens with two attached hydrogens (primary N) is 2. The molecular formula is C15H17FN4O3. The Bertz CT molecular complexity index is 698. The van der Waals surface area contributed by atoms with Crippen LogP contribution >= 0.6 is 0 Å². The van der Waals surface area contributed by atoms with Crippen molar-refractivity contribution in [3.8, 4) is 0 Å². The number of halogens is 1. The van der Waals surface area contributed by atoms with Gasteiger partial charge in [-0.1, -0.05) is 25.5 Å². The number of urea groups is 1. The van der Waals surface area contributed by atoms with E-state index in [0.717, 1.165) is 17.4 Å². The highest BCUT2D eigenvalue weighted by atomic mass is 19.1. The largest absolute Gasteiger partial charge is 0.385 e. The second-order valence-corrected chi connectivity index (χ2v) is 5.02. The van der Waals surface area contributed by atoms with E-state index in [4.69, 9.17) is 11.5 Å². The molecule has 23 heavy (non-hydrogen) atoms. The fourth-order valence-electron chi connectivity index (χ4n) is 2.24. The predicted molar refractivity (Wildman–Crippen MR) is 81.3 cm³/mol. The van der Waals surface area contributed by atoms with Crippen molar-refractivity contribution in [2.75, 3.05) is 11.4 Å². The topological polar surface area (TPSA) is 110 Å². The van der Waals surface area contributed by atoms with Crippen molar-refractivity contribution in [1.29, 1.82) is 0 Å². The molecule has 1 heterocycles. The Kier molecular flexibility index (Phi) is 4.63. The zero-order valence-electron chi connectivity index (χ0n) is 12.6. The van der Waals surface area contributed by atoms with E-state index in [1.165, 1.54) is 18.2 Å². The van der Waals surface area contributed by atoms with Crippen LogP contribution in [0.15, 0.2) is 35.7 Å². The summed E-state index contributed by atoms with van der Waals surface area (Å²) in [5.74, 6) is -3.16. The Morgan fingerprint density at radius 3 is 2.35 bits per heavy atom. The Morgan fingerprint density at radius 1 is 1.13 bits per heavy atom. The molecule has 1 saturated heterocycles. The summed E-state index contributed by atoms with van der Waals surface area (Å²) in [6, 6.07) is 4.36. The number of unbranched alkanes of at least 4 members (excludes halogenated alkanes) is 1. The number of para-hydroxylation sites is 1. The molecule has 8 heteroatoms. The van der Waals surface area contributed by atoms with Gasteiger partial charge in [0, 0.05) is 6.54 Å². The van der Waals surface area contributed by atoms with Crippen LogP contribution in [0.1, 0.15) is 19.8 Å². The van der Waals surface area contributed by atoms with Crippen LogP contribution in [-0.2, 0) is 9.59 Å². The Labute approximate surface area is 132 Å². The van der Waals surface area contributed by atoms with E-state index in [9.17, 15) is 18.8 Å². The molecule has 0 aliphatic carbocycles. The zero-order chi connectivity index (χ0) is 17.1. The molecule has 1 aromatic carbocycles. The monoisotopic (exact) mass is 320 g/mol. The smallest absolute Gasteiger partial charge is 0.338 e. The summed E-state index contributed by atoms with van der Waals surface area (Å²) in [5, 5.41) is 0. The first kappa shape index (κ1) is 16.5. The van der Waals surface area contributed by atoms with Crippen LogP contribution in [0.5, 0.6) is 0 Å². The van der Waals surface area contributed by atoms with Crippen LogP contribution in [0.25, 0.3) is 0 Å². The standard InChI is InChI=1S/C15H17FN4O3/c1-2-3-8-19-13(21)11(12(17)18)14(22)20(15(19)23)10-7-5-4-6-9(10)16/h4-7H,2-3,8,17-18H2,1H3. The molecule has 0 radical (unpaired) electrons. The molecule has 0 spiro atoms. The summed E-state index contributed by atoms with van der Waals surface area (Å²) in [6.07, 6.45) is 1.26. The van der Waals surface area contributed by atoms with Crippen LogP contribution < -0.4 is 16.4 Å². The molecule has 7 nitrogen and oxygen atoms in total. The normalized spacial score (nSPS) is 15.4. The van der Waals surface area contributed by atoms with Crippen molar-refractivity contribution in [2.24, 2.45) is 11.5 Å². The molecule has 0 atom stereocenters. The lowest BCUT2D eigenvalue weighted by Gasteiger charge is -2.34. The van der Waals surface area contributed by atoms with Crippen LogP contribution in [0, 0.1) is 5.82 Å². The molecule has 0 unspecified atom stereocenters. The van der Waals surface area contributed by atoms with Crippen LogP contribution in [0.4, 0.5) is 14.9 Å². The van der Waals surface area contributed by atoms with Crippen molar-refractivity contribution in [2.45, 2.75) is 19.8 Å². The highest BCUT2D eigenvalue weighted by Gasteiger charge is 2.44. The van der Waals surface area contributed by atoms with E-state index >= 15 is 0 Å². The maximum atomic E-state index is 14.0. The van der Waals surface area contributed by atoms with Gasteiger partial charge in [-0.25, -0.2) is 14.1 Å². The van der Waals surface area contributed by atoms with E-state index in [0.29, 0.717) is 11.3 Å². The fraction of sp³-hybridized carbons (Fsp3) is 0.267. The minimum Gasteiger partial charge on any atom is -0.385 e. The van der Waals surface area contributed by atoms with E-state index in [1.54, 1.807) is 0 Å². The average Bonchev–Trinajstić information content (AvgIpc) is 2.48. The molecule has 4 N–H and O–H groups in total. The molecule has 0 saturated carbocycles. The number of barbiturate groups is 1. The molecule has 4 amide bonds. The number of hydrogen-bond acceptors (Lipinski definition) is 5. The lowest BCUT2D eigenvalue weighted by atomic mass is 10.1. The molecule has 122 valence electrons. The van der Waals surface area contributed by atoms with E-state index < -0.39 is 35.1 Å². The van der Waals surface area contributed by atoms with Crippen LogP contribution in [-0.4, -0.2) is 29.3 Å². The molecule has 0 aromatic heterocycles. The van der Waals surface area contributed by atoms with Gasteiger partial charge in [0.2, 0.25) is 0 Å². The van der Waals surface area contributed by atoms with Gasteiger partial charge in [0.15, 0.2) is 0 Å². The van der Waals surface area contributed by atoms with E-state index in [2.05, 4.69) is 0 Å². The second-order valence-electron chi connectivity index (χ2n) is 5.02. The van der Waals surface area contributed by atoms with Gasteiger partial charge in [0.25, 0.3) is 11.8 Å². The number of nitrogens with zero attached hydrogens (tertiary/aromatic N) is 2.